The van der Waals surface area contributed by atoms with E-state index in [4.69, 9.17) is 11.6 Å². The third-order valence-corrected chi connectivity index (χ3v) is 3.88. The predicted molar refractivity (Wildman–Crippen MR) is 81.9 cm³/mol. The van der Waals surface area contributed by atoms with E-state index in [2.05, 4.69) is 5.10 Å². The number of aromatic carboxylic acids is 1. The van der Waals surface area contributed by atoms with E-state index in [1.807, 2.05) is 19.1 Å². The maximum Gasteiger partial charge on any atom is 0.357 e. The summed E-state index contributed by atoms with van der Waals surface area (Å²) in [5, 5.41) is 14.4. The van der Waals surface area contributed by atoms with Gasteiger partial charge in [-0.05, 0) is 36.2 Å². The van der Waals surface area contributed by atoms with Crippen molar-refractivity contribution in [3.8, 4) is 0 Å². The summed E-state index contributed by atoms with van der Waals surface area (Å²) in [4.78, 5) is 11.4. The first-order valence-corrected chi connectivity index (χ1v) is 6.98. The minimum atomic E-state index is -1.08. The normalized spacial score (nSPS) is 11.0. The zero-order valence-electron chi connectivity index (χ0n) is 11.7. The van der Waals surface area contributed by atoms with Crippen LogP contribution < -0.4 is 0 Å². The summed E-state index contributed by atoms with van der Waals surface area (Å²) in [7, 11) is 0. The fraction of sp³-hybridized carbons (Fsp3) is 0.125. The Balaban J connectivity index is 2.15. The van der Waals surface area contributed by atoms with Crippen molar-refractivity contribution >= 4 is 28.5 Å². The lowest BCUT2D eigenvalue weighted by atomic mass is 10.1. The molecule has 0 saturated heterocycles. The molecule has 0 spiro atoms. The van der Waals surface area contributed by atoms with Crippen LogP contribution in [-0.2, 0) is 6.54 Å². The zero-order chi connectivity index (χ0) is 15.9. The Bertz CT molecular complexity index is 889. The SMILES string of the molecule is Cc1cccc2c1c(C(=O)O)nn2Cc1ccc(F)cc1Cl. The molecule has 4 nitrogen and oxygen atoms in total. The molecule has 0 bridgehead atoms. The molecule has 6 heteroatoms. The highest BCUT2D eigenvalue weighted by Gasteiger charge is 2.18. The van der Waals surface area contributed by atoms with Crippen molar-refractivity contribution in [3.63, 3.8) is 0 Å². The Morgan fingerprint density at radius 2 is 2.14 bits per heavy atom. The van der Waals surface area contributed by atoms with Crippen LogP contribution in [0.3, 0.4) is 0 Å². The smallest absolute Gasteiger partial charge is 0.357 e. The van der Waals surface area contributed by atoms with Gasteiger partial charge in [-0.25, -0.2) is 9.18 Å². The lowest BCUT2D eigenvalue weighted by Gasteiger charge is -2.06. The minimum Gasteiger partial charge on any atom is -0.476 e. The topological polar surface area (TPSA) is 55.1 Å². The van der Waals surface area contributed by atoms with Crippen LogP contribution in [0.15, 0.2) is 36.4 Å². The molecular weight excluding hydrogens is 307 g/mol. The van der Waals surface area contributed by atoms with Crippen molar-refractivity contribution in [1.82, 2.24) is 9.78 Å². The fourth-order valence-electron chi connectivity index (χ4n) is 2.48. The van der Waals surface area contributed by atoms with Crippen LogP contribution in [0.2, 0.25) is 5.02 Å². The summed E-state index contributed by atoms with van der Waals surface area (Å²) >= 11 is 6.03. The Kier molecular flexibility index (Phi) is 3.58. The predicted octanol–water partition coefficient (Wildman–Crippen LogP) is 3.88. The number of carboxylic acids is 1. The molecule has 1 aromatic heterocycles. The number of carbonyl (C=O) groups is 1. The lowest BCUT2D eigenvalue weighted by molar-refractivity contribution is 0.0691. The van der Waals surface area contributed by atoms with E-state index in [0.29, 0.717) is 16.5 Å². The molecule has 0 unspecified atom stereocenters. The van der Waals surface area contributed by atoms with Crippen LogP contribution >= 0.6 is 11.6 Å². The molecule has 112 valence electrons. The van der Waals surface area contributed by atoms with Gasteiger partial charge in [-0.2, -0.15) is 5.10 Å². The fourth-order valence-corrected chi connectivity index (χ4v) is 2.71. The van der Waals surface area contributed by atoms with Gasteiger partial charge in [-0.15, -0.1) is 0 Å². The summed E-state index contributed by atoms with van der Waals surface area (Å²) < 4.78 is 14.7. The van der Waals surface area contributed by atoms with Crippen LogP contribution in [0.1, 0.15) is 21.6 Å². The minimum absolute atomic E-state index is 0.00586. The van der Waals surface area contributed by atoms with E-state index < -0.39 is 11.8 Å². The molecule has 0 aliphatic rings. The van der Waals surface area contributed by atoms with Gasteiger partial charge in [0.1, 0.15) is 5.82 Å². The number of aryl methyl sites for hydroxylation is 1. The number of aromatic nitrogens is 2. The van der Waals surface area contributed by atoms with E-state index in [0.717, 1.165) is 5.56 Å². The molecular formula is C16H12ClFN2O2. The van der Waals surface area contributed by atoms with Crippen molar-refractivity contribution in [2.24, 2.45) is 0 Å². The van der Waals surface area contributed by atoms with E-state index >= 15 is 0 Å². The monoisotopic (exact) mass is 318 g/mol. The van der Waals surface area contributed by atoms with Gasteiger partial charge in [-0.3, -0.25) is 4.68 Å². The van der Waals surface area contributed by atoms with Crippen molar-refractivity contribution in [3.05, 3.63) is 64.1 Å². The van der Waals surface area contributed by atoms with Gasteiger partial charge in [0.15, 0.2) is 5.69 Å². The second-order valence-electron chi connectivity index (χ2n) is 5.02. The molecule has 1 N–H and O–H groups in total. The van der Waals surface area contributed by atoms with Gasteiger partial charge in [0, 0.05) is 10.4 Å². The van der Waals surface area contributed by atoms with E-state index in [1.165, 1.54) is 12.1 Å². The summed E-state index contributed by atoms with van der Waals surface area (Å²) in [6.45, 7) is 2.11. The third-order valence-electron chi connectivity index (χ3n) is 3.52. The van der Waals surface area contributed by atoms with Crippen LogP contribution in [-0.4, -0.2) is 20.9 Å². The zero-order valence-corrected chi connectivity index (χ0v) is 12.4. The van der Waals surface area contributed by atoms with Crippen molar-refractivity contribution in [2.45, 2.75) is 13.5 Å². The Morgan fingerprint density at radius 3 is 2.82 bits per heavy atom. The average molecular weight is 319 g/mol. The molecule has 0 aliphatic carbocycles. The number of fused-ring (bicyclic) bond motifs is 1. The van der Waals surface area contributed by atoms with Crippen molar-refractivity contribution < 1.29 is 14.3 Å². The van der Waals surface area contributed by atoms with Gasteiger partial charge in [-0.1, -0.05) is 29.8 Å². The molecule has 0 amide bonds. The van der Waals surface area contributed by atoms with Crippen LogP contribution in [0.25, 0.3) is 10.9 Å². The maximum atomic E-state index is 13.1. The molecule has 0 atom stereocenters. The maximum absolute atomic E-state index is 13.1. The molecule has 3 rings (SSSR count). The number of halogens is 2. The van der Waals surface area contributed by atoms with Crippen LogP contribution in [0.4, 0.5) is 4.39 Å². The van der Waals surface area contributed by atoms with Gasteiger partial charge in [0.25, 0.3) is 0 Å². The summed E-state index contributed by atoms with van der Waals surface area (Å²) in [6.07, 6.45) is 0. The molecule has 1 heterocycles. The number of rotatable bonds is 3. The molecule has 2 aromatic carbocycles. The molecule has 0 aliphatic heterocycles. The molecule has 0 fully saturated rings. The summed E-state index contributed by atoms with van der Waals surface area (Å²) in [5.41, 5.74) is 2.22. The van der Waals surface area contributed by atoms with E-state index in [9.17, 15) is 14.3 Å². The standard InChI is InChI=1S/C16H12ClFN2O2/c1-9-3-2-4-13-14(9)15(16(21)22)19-20(13)8-10-5-6-11(18)7-12(10)17/h2-7H,8H2,1H3,(H,21,22). The van der Waals surface area contributed by atoms with Crippen LogP contribution in [0.5, 0.6) is 0 Å². The first-order valence-electron chi connectivity index (χ1n) is 6.60. The largest absolute Gasteiger partial charge is 0.476 e. The Hall–Kier alpha value is -2.40. The van der Waals surface area contributed by atoms with Gasteiger partial charge in [0.2, 0.25) is 0 Å². The lowest BCUT2D eigenvalue weighted by Crippen LogP contribution is -2.05. The van der Waals surface area contributed by atoms with Gasteiger partial charge >= 0.3 is 5.97 Å². The number of benzene rings is 2. The van der Waals surface area contributed by atoms with Gasteiger partial charge in [0.05, 0.1) is 12.1 Å². The van der Waals surface area contributed by atoms with Crippen molar-refractivity contribution in [2.75, 3.05) is 0 Å². The quantitative estimate of drug-likeness (QED) is 0.797. The van der Waals surface area contributed by atoms with Crippen molar-refractivity contribution in [1.29, 1.82) is 0 Å². The Morgan fingerprint density at radius 1 is 1.36 bits per heavy atom. The first kappa shape index (κ1) is 14.5. The van der Waals surface area contributed by atoms with E-state index in [1.54, 1.807) is 16.8 Å². The molecule has 22 heavy (non-hydrogen) atoms. The Labute approximate surface area is 130 Å². The molecule has 3 aromatic rings. The summed E-state index contributed by atoms with van der Waals surface area (Å²) in [5.74, 6) is -1.50. The number of nitrogens with zero attached hydrogens (tertiary/aromatic N) is 2. The van der Waals surface area contributed by atoms with Crippen LogP contribution in [0, 0.1) is 12.7 Å². The first-order chi connectivity index (χ1) is 10.5. The third kappa shape index (κ3) is 2.44. The summed E-state index contributed by atoms with van der Waals surface area (Å²) in [6, 6.07) is 9.60. The second-order valence-corrected chi connectivity index (χ2v) is 5.42. The number of hydrogen-bond acceptors (Lipinski definition) is 2. The van der Waals surface area contributed by atoms with Gasteiger partial charge < -0.3 is 5.11 Å². The number of hydrogen-bond donors (Lipinski definition) is 1. The van der Waals surface area contributed by atoms with E-state index in [-0.39, 0.29) is 17.3 Å². The highest BCUT2D eigenvalue weighted by molar-refractivity contribution is 6.31. The molecule has 0 radical (unpaired) electrons. The highest BCUT2D eigenvalue weighted by Crippen LogP contribution is 2.25. The number of carboxylic acid groups (broad SMARTS) is 1. The second kappa shape index (κ2) is 5.42. The molecule has 0 saturated carbocycles. The highest BCUT2D eigenvalue weighted by atomic mass is 35.5. The average Bonchev–Trinajstić information content (AvgIpc) is 2.82.